The average molecular weight is 419 g/mol. The van der Waals surface area contributed by atoms with Crippen molar-refractivity contribution in [2.45, 2.75) is 83.4 Å². The second kappa shape index (κ2) is 6.47. The molecule has 6 nitrogen and oxygen atoms in total. The lowest BCUT2D eigenvalue weighted by molar-refractivity contribution is -0.415. The number of hydrogen-bond donors (Lipinski definition) is 1. The van der Waals surface area contributed by atoms with Crippen LogP contribution in [0.4, 0.5) is 0 Å². The van der Waals surface area contributed by atoms with Gasteiger partial charge in [-0.25, -0.2) is 0 Å². The summed E-state index contributed by atoms with van der Waals surface area (Å²) in [5, 5.41) is 11.5. The van der Waals surface area contributed by atoms with Crippen LogP contribution < -0.4 is 0 Å². The van der Waals surface area contributed by atoms with Crippen molar-refractivity contribution in [1.82, 2.24) is 0 Å². The van der Waals surface area contributed by atoms with Crippen LogP contribution in [0.5, 0.6) is 0 Å². The maximum Gasteiger partial charge on any atom is 0.281 e. The van der Waals surface area contributed by atoms with Crippen LogP contribution in [-0.4, -0.2) is 48.1 Å². The van der Waals surface area contributed by atoms with Gasteiger partial charge in [0.25, 0.3) is 5.97 Å². The molecule has 5 rings (SSSR count). The van der Waals surface area contributed by atoms with Crippen LogP contribution >= 0.6 is 0 Å². The summed E-state index contributed by atoms with van der Waals surface area (Å²) < 4.78 is 17.4. The zero-order chi connectivity index (χ0) is 21.5. The normalized spacial score (nSPS) is 53.2. The van der Waals surface area contributed by atoms with Gasteiger partial charge in [-0.1, -0.05) is 19.4 Å². The number of allylic oxidation sites excluding steroid dienone is 1. The van der Waals surface area contributed by atoms with Gasteiger partial charge in [0.15, 0.2) is 11.6 Å². The molecule has 5 aliphatic rings. The minimum atomic E-state index is -1.24. The highest BCUT2D eigenvalue weighted by Crippen LogP contribution is 2.69. The largest absolute Gasteiger partial charge is 0.393 e. The van der Waals surface area contributed by atoms with Crippen molar-refractivity contribution in [2.75, 3.05) is 13.7 Å². The molecule has 0 amide bonds. The maximum absolute atomic E-state index is 13.2. The SMILES string of the molecule is CO[C@]1(C)OCC(=O)[C@]2(CC[C@@H]3[C@@H]4CCC5=CC(=O)CC[C@]5(C)[C@@H]4[C@@H](O)C[C@@]32C)O1. The number of aliphatic hydroxyl groups is 1. The molecule has 1 N–H and O–H groups in total. The molecular formula is C24H34O6. The average Bonchev–Trinajstić information content (AvgIpc) is 2.98. The number of aliphatic hydroxyl groups excluding tert-OH is 1. The highest BCUT2D eigenvalue weighted by atomic mass is 16.9. The zero-order valence-electron chi connectivity index (χ0n) is 18.5. The third-order valence-electron chi connectivity index (χ3n) is 9.66. The lowest BCUT2D eigenvalue weighted by Gasteiger charge is -2.61. The van der Waals surface area contributed by atoms with Gasteiger partial charge >= 0.3 is 0 Å². The fourth-order valence-corrected chi connectivity index (χ4v) is 8.12. The highest BCUT2D eigenvalue weighted by Gasteiger charge is 2.71. The lowest BCUT2D eigenvalue weighted by atomic mass is 9.45. The minimum Gasteiger partial charge on any atom is -0.393 e. The molecule has 0 aromatic heterocycles. The van der Waals surface area contributed by atoms with E-state index in [-0.39, 0.29) is 29.5 Å². The molecule has 30 heavy (non-hydrogen) atoms. The number of fused-ring (bicyclic) bond motifs is 6. The van der Waals surface area contributed by atoms with Gasteiger partial charge in [-0.3, -0.25) is 9.59 Å². The number of ether oxygens (including phenoxy) is 3. The van der Waals surface area contributed by atoms with Crippen molar-refractivity contribution >= 4 is 11.6 Å². The molecule has 6 heteroatoms. The minimum absolute atomic E-state index is 0.0243. The van der Waals surface area contributed by atoms with Gasteiger partial charge in [-0.05, 0) is 67.8 Å². The smallest absolute Gasteiger partial charge is 0.281 e. The molecule has 1 aliphatic heterocycles. The Labute approximate surface area is 178 Å². The van der Waals surface area contributed by atoms with Crippen LogP contribution in [0.25, 0.3) is 0 Å². The van der Waals surface area contributed by atoms with Gasteiger partial charge in [0.1, 0.15) is 12.2 Å². The molecule has 1 saturated heterocycles. The van der Waals surface area contributed by atoms with E-state index in [2.05, 4.69) is 13.8 Å². The van der Waals surface area contributed by atoms with E-state index in [0.717, 1.165) is 25.7 Å². The number of carbonyl (C=O) groups excluding carboxylic acids is 2. The Morgan fingerprint density at radius 2 is 1.90 bits per heavy atom. The van der Waals surface area contributed by atoms with E-state index >= 15 is 0 Å². The highest BCUT2D eigenvalue weighted by molar-refractivity contribution is 5.92. The summed E-state index contributed by atoms with van der Waals surface area (Å²) in [5.74, 6) is -0.310. The lowest BCUT2D eigenvalue weighted by Crippen LogP contribution is -2.67. The molecule has 8 atom stereocenters. The molecule has 0 aromatic carbocycles. The quantitative estimate of drug-likeness (QED) is 0.704. The Morgan fingerprint density at radius 3 is 2.63 bits per heavy atom. The first-order valence-electron chi connectivity index (χ1n) is 11.4. The predicted octanol–water partition coefficient (Wildman–Crippen LogP) is 3.16. The fourth-order valence-electron chi connectivity index (χ4n) is 8.12. The van der Waals surface area contributed by atoms with Crippen LogP contribution in [0.1, 0.15) is 65.7 Å². The van der Waals surface area contributed by atoms with Crippen LogP contribution in [-0.2, 0) is 23.8 Å². The molecule has 4 fully saturated rings. The molecule has 1 heterocycles. The Balaban J connectivity index is 1.54. The van der Waals surface area contributed by atoms with Gasteiger partial charge in [0.2, 0.25) is 0 Å². The van der Waals surface area contributed by atoms with Crippen LogP contribution in [0.15, 0.2) is 11.6 Å². The summed E-state index contributed by atoms with van der Waals surface area (Å²) >= 11 is 0. The maximum atomic E-state index is 13.2. The monoisotopic (exact) mass is 418 g/mol. The van der Waals surface area contributed by atoms with E-state index in [4.69, 9.17) is 14.2 Å². The van der Waals surface area contributed by atoms with Crippen molar-refractivity contribution in [1.29, 1.82) is 0 Å². The van der Waals surface area contributed by atoms with E-state index < -0.39 is 23.1 Å². The number of carbonyl (C=O) groups is 2. The van der Waals surface area contributed by atoms with Crippen molar-refractivity contribution in [2.24, 2.45) is 28.6 Å². The Bertz CT molecular complexity index is 821. The third kappa shape index (κ3) is 2.51. The molecular weight excluding hydrogens is 384 g/mol. The fraction of sp³-hybridized carbons (Fsp3) is 0.833. The van der Waals surface area contributed by atoms with Crippen molar-refractivity contribution in [3.63, 3.8) is 0 Å². The van der Waals surface area contributed by atoms with Gasteiger partial charge in [0, 0.05) is 25.9 Å². The van der Waals surface area contributed by atoms with E-state index in [1.165, 1.54) is 12.7 Å². The molecule has 0 aromatic rings. The molecule has 4 aliphatic carbocycles. The first-order valence-corrected chi connectivity index (χ1v) is 11.4. The predicted molar refractivity (Wildman–Crippen MR) is 108 cm³/mol. The molecule has 3 saturated carbocycles. The first-order chi connectivity index (χ1) is 14.1. The third-order valence-corrected chi connectivity index (χ3v) is 9.66. The molecule has 0 bridgehead atoms. The number of Topliss-reactive ketones (excluding diaryl/α,β-unsaturated/α-hetero) is 1. The Morgan fingerprint density at radius 1 is 1.13 bits per heavy atom. The first kappa shape index (κ1) is 20.8. The summed E-state index contributed by atoms with van der Waals surface area (Å²) in [6, 6.07) is 0. The van der Waals surface area contributed by atoms with Crippen molar-refractivity contribution < 1.29 is 28.9 Å². The van der Waals surface area contributed by atoms with Gasteiger partial charge in [-0.15, -0.1) is 0 Å². The number of hydrogen-bond acceptors (Lipinski definition) is 6. The molecule has 166 valence electrons. The van der Waals surface area contributed by atoms with E-state index in [1.54, 1.807) is 6.92 Å². The summed E-state index contributed by atoms with van der Waals surface area (Å²) in [7, 11) is 1.53. The number of methoxy groups -OCH3 is 1. The van der Waals surface area contributed by atoms with Crippen molar-refractivity contribution in [3.05, 3.63) is 11.6 Å². The summed E-state index contributed by atoms with van der Waals surface area (Å²) in [6.07, 6.45) is 6.64. The van der Waals surface area contributed by atoms with E-state index in [9.17, 15) is 14.7 Å². The standard InChI is InChI=1S/C24H34O6/c1-21-9-7-15(25)11-14(21)5-6-16-17-8-10-24(22(17,2)12-18(26)20(16)21)19(27)13-29-23(3,28-4)30-24/h11,16-18,20,26H,5-10,12-13H2,1-4H3/t16-,17+,18-,20-,21-,22-,23+,24-/m0/s1. The number of ketones is 2. The Kier molecular flexibility index (Phi) is 4.49. The van der Waals surface area contributed by atoms with Crippen molar-refractivity contribution in [3.8, 4) is 0 Å². The van der Waals surface area contributed by atoms with Gasteiger partial charge < -0.3 is 19.3 Å². The second-order valence-electron chi connectivity index (χ2n) is 10.8. The Hall–Kier alpha value is -1.08. The molecule has 0 radical (unpaired) electrons. The van der Waals surface area contributed by atoms with Crippen LogP contribution in [0, 0.1) is 28.6 Å². The topological polar surface area (TPSA) is 82.1 Å². The zero-order valence-corrected chi connectivity index (χ0v) is 18.5. The van der Waals surface area contributed by atoms with E-state index in [0.29, 0.717) is 31.1 Å². The molecule has 0 unspecified atom stereocenters. The van der Waals surface area contributed by atoms with Gasteiger partial charge in [0.05, 0.1) is 6.10 Å². The summed E-state index contributed by atoms with van der Waals surface area (Å²) in [6.45, 7) is 6.08. The van der Waals surface area contributed by atoms with E-state index in [1.807, 2.05) is 6.08 Å². The molecule has 1 spiro atoms. The van der Waals surface area contributed by atoms with Gasteiger partial charge in [-0.2, -0.15) is 0 Å². The van der Waals surface area contributed by atoms with Crippen LogP contribution in [0.2, 0.25) is 0 Å². The summed E-state index contributed by atoms with van der Waals surface area (Å²) in [4.78, 5) is 25.3. The van der Waals surface area contributed by atoms with Crippen LogP contribution in [0.3, 0.4) is 0 Å². The number of rotatable bonds is 1. The second-order valence-corrected chi connectivity index (χ2v) is 10.8. The summed E-state index contributed by atoms with van der Waals surface area (Å²) in [5.41, 5.74) is -0.349.